The highest BCUT2D eigenvalue weighted by atomic mass is 16.5. The van der Waals surface area contributed by atoms with Crippen LogP contribution in [0.5, 0.6) is 23.0 Å². The minimum absolute atomic E-state index is 0.148. The van der Waals surface area contributed by atoms with Crippen molar-refractivity contribution in [3.05, 3.63) is 47.0 Å². The highest BCUT2D eigenvalue weighted by Gasteiger charge is 2.32. The third kappa shape index (κ3) is 3.50. The molecule has 1 aliphatic rings. The van der Waals surface area contributed by atoms with Gasteiger partial charge in [0, 0.05) is 22.8 Å². The molecule has 3 rings (SSSR count). The number of methoxy groups -OCH3 is 4. The number of hydrogen-bond donors (Lipinski definition) is 1. The van der Waals surface area contributed by atoms with Gasteiger partial charge in [-0.25, -0.2) is 0 Å². The van der Waals surface area contributed by atoms with Crippen LogP contribution in [-0.4, -0.2) is 50.9 Å². The fraction of sp³-hybridized carbons (Fsp3) is 0.350. The van der Waals surface area contributed by atoms with Crippen LogP contribution in [0.25, 0.3) is 0 Å². The number of β-amino-alcohol motifs (C(OH)–C–C–N with tert-alkyl or cyclic N) is 1. The van der Waals surface area contributed by atoms with Crippen molar-refractivity contribution in [3.63, 3.8) is 0 Å². The molecule has 0 saturated carbocycles. The molecule has 1 amide bonds. The molecular weight excluding hydrogens is 350 g/mol. The Morgan fingerprint density at radius 1 is 0.963 bits per heavy atom. The number of aliphatic hydroxyl groups is 1. The monoisotopic (exact) mass is 373 g/mol. The molecule has 0 unspecified atom stereocenters. The van der Waals surface area contributed by atoms with Gasteiger partial charge in [0.2, 0.25) is 0 Å². The molecular formula is C20H23NO6. The second kappa shape index (κ2) is 7.75. The van der Waals surface area contributed by atoms with E-state index in [1.165, 1.54) is 14.2 Å². The van der Waals surface area contributed by atoms with E-state index in [-0.39, 0.29) is 12.5 Å². The SMILES string of the molecule is COc1cc(OC)cc(C(=O)N2Cc3c(OC)ccc(OC)c3[C@@H](O)C2)c1. The maximum Gasteiger partial charge on any atom is 0.254 e. The number of hydrogen-bond acceptors (Lipinski definition) is 6. The summed E-state index contributed by atoms with van der Waals surface area (Å²) >= 11 is 0. The van der Waals surface area contributed by atoms with E-state index >= 15 is 0 Å². The van der Waals surface area contributed by atoms with Gasteiger partial charge in [-0.3, -0.25) is 4.79 Å². The van der Waals surface area contributed by atoms with Crippen LogP contribution < -0.4 is 18.9 Å². The van der Waals surface area contributed by atoms with E-state index in [1.54, 1.807) is 49.5 Å². The number of benzene rings is 2. The molecule has 1 aliphatic heterocycles. The summed E-state index contributed by atoms with van der Waals surface area (Å²) in [4.78, 5) is 14.6. The zero-order valence-electron chi connectivity index (χ0n) is 15.8. The van der Waals surface area contributed by atoms with Crippen molar-refractivity contribution in [2.24, 2.45) is 0 Å². The predicted molar refractivity (Wildman–Crippen MR) is 98.8 cm³/mol. The highest BCUT2D eigenvalue weighted by molar-refractivity contribution is 5.95. The van der Waals surface area contributed by atoms with Gasteiger partial charge in [0.05, 0.1) is 41.5 Å². The molecule has 0 bridgehead atoms. The number of rotatable bonds is 5. The third-order valence-electron chi connectivity index (χ3n) is 4.68. The lowest BCUT2D eigenvalue weighted by molar-refractivity contribution is 0.0538. The normalized spacial score (nSPS) is 15.7. The first-order valence-electron chi connectivity index (χ1n) is 8.46. The molecule has 0 aromatic heterocycles. The topological polar surface area (TPSA) is 77.5 Å². The molecule has 144 valence electrons. The van der Waals surface area contributed by atoms with E-state index < -0.39 is 6.10 Å². The van der Waals surface area contributed by atoms with E-state index in [0.29, 0.717) is 40.7 Å². The molecule has 0 spiro atoms. The van der Waals surface area contributed by atoms with Crippen molar-refractivity contribution < 1.29 is 28.8 Å². The molecule has 1 atom stereocenters. The van der Waals surface area contributed by atoms with Crippen LogP contribution >= 0.6 is 0 Å². The maximum absolute atomic E-state index is 13.1. The van der Waals surface area contributed by atoms with Gasteiger partial charge >= 0.3 is 0 Å². The summed E-state index contributed by atoms with van der Waals surface area (Å²) in [5.74, 6) is 1.99. The van der Waals surface area contributed by atoms with Crippen molar-refractivity contribution in [2.75, 3.05) is 35.0 Å². The van der Waals surface area contributed by atoms with E-state index in [4.69, 9.17) is 18.9 Å². The molecule has 1 N–H and O–H groups in total. The lowest BCUT2D eigenvalue weighted by Crippen LogP contribution is -2.38. The minimum atomic E-state index is -0.879. The van der Waals surface area contributed by atoms with Crippen LogP contribution in [-0.2, 0) is 6.54 Å². The van der Waals surface area contributed by atoms with Crippen LogP contribution in [0.3, 0.4) is 0 Å². The summed E-state index contributed by atoms with van der Waals surface area (Å²) < 4.78 is 21.3. The van der Waals surface area contributed by atoms with Crippen molar-refractivity contribution in [3.8, 4) is 23.0 Å². The Bertz CT molecular complexity index is 828. The average molecular weight is 373 g/mol. The van der Waals surface area contributed by atoms with E-state index in [1.807, 2.05) is 0 Å². The van der Waals surface area contributed by atoms with Crippen molar-refractivity contribution >= 4 is 5.91 Å². The fourth-order valence-corrected chi connectivity index (χ4v) is 3.34. The smallest absolute Gasteiger partial charge is 0.254 e. The number of nitrogens with zero attached hydrogens (tertiary/aromatic N) is 1. The molecule has 7 heteroatoms. The van der Waals surface area contributed by atoms with Crippen molar-refractivity contribution in [2.45, 2.75) is 12.6 Å². The summed E-state index contributed by atoms with van der Waals surface area (Å²) in [5, 5.41) is 10.7. The molecule has 7 nitrogen and oxygen atoms in total. The second-order valence-electron chi connectivity index (χ2n) is 6.17. The Labute approximate surface area is 158 Å². The Morgan fingerprint density at radius 2 is 1.56 bits per heavy atom. The van der Waals surface area contributed by atoms with Crippen molar-refractivity contribution in [1.82, 2.24) is 4.90 Å². The van der Waals surface area contributed by atoms with Gasteiger partial charge in [0.1, 0.15) is 29.1 Å². The van der Waals surface area contributed by atoms with E-state index in [0.717, 1.165) is 5.56 Å². The van der Waals surface area contributed by atoms with Crippen LogP contribution in [0.2, 0.25) is 0 Å². The van der Waals surface area contributed by atoms with Gasteiger partial charge in [0.15, 0.2) is 0 Å². The van der Waals surface area contributed by atoms with Gasteiger partial charge in [-0.05, 0) is 24.3 Å². The lowest BCUT2D eigenvalue weighted by Gasteiger charge is -2.34. The first kappa shape index (κ1) is 18.8. The molecule has 2 aromatic carbocycles. The van der Waals surface area contributed by atoms with Gasteiger partial charge in [-0.2, -0.15) is 0 Å². The summed E-state index contributed by atoms with van der Waals surface area (Å²) in [6.45, 7) is 0.444. The molecule has 0 aliphatic carbocycles. The van der Waals surface area contributed by atoms with Crippen molar-refractivity contribution in [1.29, 1.82) is 0 Å². The quantitative estimate of drug-likeness (QED) is 0.867. The van der Waals surface area contributed by atoms with Gasteiger partial charge in [-0.15, -0.1) is 0 Å². The Hall–Kier alpha value is -2.93. The van der Waals surface area contributed by atoms with Gasteiger partial charge in [-0.1, -0.05) is 0 Å². The predicted octanol–water partition coefficient (Wildman–Crippen LogP) is 2.41. The lowest BCUT2D eigenvalue weighted by atomic mass is 9.94. The average Bonchev–Trinajstić information content (AvgIpc) is 2.71. The fourth-order valence-electron chi connectivity index (χ4n) is 3.34. The Morgan fingerprint density at radius 3 is 2.11 bits per heavy atom. The van der Waals surface area contributed by atoms with Crippen LogP contribution in [0.4, 0.5) is 0 Å². The molecule has 0 radical (unpaired) electrons. The zero-order valence-corrected chi connectivity index (χ0v) is 15.8. The van der Waals surface area contributed by atoms with Gasteiger partial charge in [0.25, 0.3) is 5.91 Å². The Balaban J connectivity index is 1.98. The first-order valence-corrected chi connectivity index (χ1v) is 8.46. The van der Waals surface area contributed by atoms with E-state index in [2.05, 4.69) is 0 Å². The standard InChI is InChI=1S/C20H23NO6/c1-24-13-7-12(8-14(9-13)25-2)20(23)21-10-15-17(26-3)5-6-18(27-4)19(15)16(22)11-21/h5-9,16,22H,10-11H2,1-4H3/t16-/m0/s1. The number of ether oxygens (including phenoxy) is 4. The summed E-state index contributed by atoms with van der Waals surface area (Å²) in [7, 11) is 6.17. The minimum Gasteiger partial charge on any atom is -0.497 e. The zero-order chi connectivity index (χ0) is 19.6. The maximum atomic E-state index is 13.1. The highest BCUT2D eigenvalue weighted by Crippen LogP contribution is 2.39. The second-order valence-corrected chi connectivity index (χ2v) is 6.17. The third-order valence-corrected chi connectivity index (χ3v) is 4.68. The first-order chi connectivity index (χ1) is 13.0. The summed E-state index contributed by atoms with van der Waals surface area (Å²) in [6, 6.07) is 8.52. The number of fused-ring (bicyclic) bond motifs is 1. The Kier molecular flexibility index (Phi) is 5.41. The van der Waals surface area contributed by atoms with Crippen LogP contribution in [0, 0.1) is 0 Å². The number of aliphatic hydroxyl groups excluding tert-OH is 1. The van der Waals surface area contributed by atoms with Crippen LogP contribution in [0.1, 0.15) is 27.6 Å². The molecule has 0 fully saturated rings. The van der Waals surface area contributed by atoms with Gasteiger partial charge < -0.3 is 29.0 Å². The van der Waals surface area contributed by atoms with Crippen LogP contribution in [0.15, 0.2) is 30.3 Å². The summed E-state index contributed by atoms with van der Waals surface area (Å²) in [5.41, 5.74) is 1.81. The molecule has 2 aromatic rings. The molecule has 0 saturated heterocycles. The number of carbonyl (C=O) groups excluding carboxylic acids is 1. The largest absolute Gasteiger partial charge is 0.497 e. The summed E-state index contributed by atoms with van der Waals surface area (Å²) in [6.07, 6.45) is -0.879. The number of carbonyl (C=O) groups is 1. The van der Waals surface area contributed by atoms with E-state index in [9.17, 15) is 9.90 Å². The molecule has 27 heavy (non-hydrogen) atoms. The number of amides is 1. The molecule has 1 heterocycles.